The minimum atomic E-state index is -2.90. The summed E-state index contributed by atoms with van der Waals surface area (Å²) in [5, 5.41) is 0. The predicted octanol–water partition coefficient (Wildman–Crippen LogP) is 1.15. The van der Waals surface area contributed by atoms with Crippen LogP contribution < -0.4 is 4.90 Å². The smallest absolute Gasteiger partial charge is 0.152 e. The molecule has 2 rings (SSSR count). The molecule has 7 heteroatoms. The van der Waals surface area contributed by atoms with Crippen LogP contribution in [0.25, 0.3) is 0 Å². The van der Waals surface area contributed by atoms with Gasteiger partial charge in [-0.15, -0.1) is 11.6 Å². The highest BCUT2D eigenvalue weighted by atomic mass is 35.5. The summed E-state index contributed by atoms with van der Waals surface area (Å²) in [6, 6.07) is -0.0220. The number of rotatable bonds is 3. The zero-order valence-corrected chi connectivity index (χ0v) is 12.0. The second-order valence-electron chi connectivity index (χ2n) is 4.57. The third-order valence-electron chi connectivity index (χ3n) is 3.20. The Morgan fingerprint density at radius 1 is 1.56 bits per heavy atom. The lowest BCUT2D eigenvalue weighted by atomic mass is 10.2. The van der Waals surface area contributed by atoms with Gasteiger partial charge in [0.1, 0.15) is 11.6 Å². The fourth-order valence-corrected chi connectivity index (χ4v) is 4.10. The molecule has 0 spiro atoms. The maximum atomic E-state index is 11.5. The molecule has 1 fully saturated rings. The van der Waals surface area contributed by atoms with Gasteiger partial charge in [0.25, 0.3) is 0 Å². The monoisotopic (exact) mass is 289 g/mol. The van der Waals surface area contributed by atoms with Gasteiger partial charge in [0.15, 0.2) is 9.84 Å². The van der Waals surface area contributed by atoms with E-state index in [2.05, 4.69) is 9.97 Å². The molecule has 1 aliphatic heterocycles. The second-order valence-corrected chi connectivity index (χ2v) is 7.06. The Bertz CT molecular complexity index is 547. The molecule has 0 N–H and O–H groups in total. The molecule has 0 aliphatic carbocycles. The summed E-state index contributed by atoms with van der Waals surface area (Å²) in [6.07, 6.45) is 2.34. The molecule has 1 aliphatic rings. The Morgan fingerprint density at radius 3 is 2.83 bits per heavy atom. The number of halogens is 1. The van der Waals surface area contributed by atoms with E-state index in [1.165, 1.54) is 0 Å². The Hall–Kier alpha value is -0.880. The van der Waals surface area contributed by atoms with Crippen molar-refractivity contribution in [1.29, 1.82) is 0 Å². The van der Waals surface area contributed by atoms with Crippen LogP contribution in [0.2, 0.25) is 0 Å². The van der Waals surface area contributed by atoms with Crippen LogP contribution in [0.1, 0.15) is 17.8 Å². The molecule has 0 aromatic carbocycles. The van der Waals surface area contributed by atoms with E-state index in [1.807, 2.05) is 11.9 Å². The topological polar surface area (TPSA) is 63.2 Å². The molecule has 1 atom stereocenters. The SMILES string of the molecule is Cc1ncc(CCl)c(N(C)C2CCS(=O)(=O)C2)n1. The Kier molecular flexibility index (Phi) is 3.77. The number of nitrogens with zero attached hydrogens (tertiary/aromatic N) is 3. The molecule has 0 radical (unpaired) electrons. The quantitative estimate of drug-likeness (QED) is 0.781. The standard InChI is InChI=1S/C11H16ClN3O2S/c1-8-13-6-9(5-12)11(14-8)15(2)10-3-4-18(16,17)7-10/h6,10H,3-5,7H2,1-2H3. The summed E-state index contributed by atoms with van der Waals surface area (Å²) in [5.74, 6) is 2.15. The number of hydrogen-bond donors (Lipinski definition) is 0. The average molecular weight is 290 g/mol. The van der Waals surface area contributed by atoms with Gasteiger partial charge in [-0.05, 0) is 13.3 Å². The first-order valence-electron chi connectivity index (χ1n) is 5.74. The Morgan fingerprint density at radius 2 is 2.28 bits per heavy atom. The third-order valence-corrected chi connectivity index (χ3v) is 5.23. The van der Waals surface area contributed by atoms with Crippen molar-refractivity contribution in [3.05, 3.63) is 17.6 Å². The van der Waals surface area contributed by atoms with Crippen LogP contribution in [0.4, 0.5) is 5.82 Å². The molecule has 0 amide bonds. The average Bonchev–Trinajstić information content (AvgIpc) is 2.68. The summed E-state index contributed by atoms with van der Waals surface area (Å²) in [6.45, 7) is 1.81. The van der Waals surface area contributed by atoms with Gasteiger partial charge in [-0.3, -0.25) is 0 Å². The lowest BCUT2D eigenvalue weighted by Gasteiger charge is -2.26. The van der Waals surface area contributed by atoms with Crippen molar-refractivity contribution in [2.75, 3.05) is 23.5 Å². The summed E-state index contributed by atoms with van der Waals surface area (Å²) in [4.78, 5) is 10.4. The van der Waals surface area contributed by atoms with Crippen molar-refractivity contribution in [2.24, 2.45) is 0 Å². The van der Waals surface area contributed by atoms with Crippen LogP contribution in [0.15, 0.2) is 6.20 Å². The van der Waals surface area contributed by atoms with Crippen molar-refractivity contribution in [3.63, 3.8) is 0 Å². The molecule has 18 heavy (non-hydrogen) atoms. The van der Waals surface area contributed by atoms with Gasteiger partial charge in [-0.25, -0.2) is 18.4 Å². The van der Waals surface area contributed by atoms with Crippen molar-refractivity contribution in [1.82, 2.24) is 9.97 Å². The number of anilines is 1. The second kappa shape index (κ2) is 5.01. The maximum absolute atomic E-state index is 11.5. The van der Waals surface area contributed by atoms with Gasteiger partial charge in [0, 0.05) is 24.8 Å². The first-order chi connectivity index (χ1) is 8.43. The van der Waals surface area contributed by atoms with Crippen molar-refractivity contribution >= 4 is 27.3 Å². The van der Waals surface area contributed by atoms with Gasteiger partial charge in [-0.1, -0.05) is 0 Å². The minimum absolute atomic E-state index is 0.0220. The van der Waals surface area contributed by atoms with Crippen LogP contribution in [0, 0.1) is 6.92 Å². The van der Waals surface area contributed by atoms with Gasteiger partial charge in [0.05, 0.1) is 17.4 Å². The summed E-state index contributed by atoms with van der Waals surface area (Å²) in [5.41, 5.74) is 0.828. The number of alkyl halides is 1. The van der Waals surface area contributed by atoms with Crippen LogP contribution in [-0.4, -0.2) is 43.0 Å². The van der Waals surface area contributed by atoms with Crippen LogP contribution in [0.3, 0.4) is 0 Å². The first kappa shape index (κ1) is 13.5. The molecule has 2 heterocycles. The largest absolute Gasteiger partial charge is 0.355 e. The highest BCUT2D eigenvalue weighted by molar-refractivity contribution is 7.91. The van der Waals surface area contributed by atoms with E-state index in [9.17, 15) is 8.42 Å². The van der Waals surface area contributed by atoms with Crippen molar-refractivity contribution in [3.8, 4) is 0 Å². The zero-order valence-electron chi connectivity index (χ0n) is 10.4. The molecule has 1 aromatic heterocycles. The number of aromatic nitrogens is 2. The predicted molar refractivity (Wildman–Crippen MR) is 71.8 cm³/mol. The molecular weight excluding hydrogens is 274 g/mol. The summed E-state index contributed by atoms with van der Waals surface area (Å²) in [7, 11) is -1.03. The Labute approximate surface area is 112 Å². The molecule has 0 bridgehead atoms. The zero-order chi connectivity index (χ0) is 13.3. The molecular formula is C11H16ClN3O2S. The Balaban J connectivity index is 2.28. The van der Waals surface area contributed by atoms with E-state index in [1.54, 1.807) is 13.1 Å². The molecule has 1 saturated heterocycles. The lowest BCUT2D eigenvalue weighted by Crippen LogP contribution is -2.34. The van der Waals surface area contributed by atoms with E-state index in [0.29, 0.717) is 18.1 Å². The minimum Gasteiger partial charge on any atom is -0.355 e. The molecule has 5 nitrogen and oxygen atoms in total. The van der Waals surface area contributed by atoms with E-state index in [-0.39, 0.29) is 17.5 Å². The number of sulfone groups is 1. The van der Waals surface area contributed by atoms with Gasteiger partial charge in [-0.2, -0.15) is 0 Å². The fourth-order valence-electron chi connectivity index (χ4n) is 2.14. The van der Waals surface area contributed by atoms with E-state index < -0.39 is 9.84 Å². The van der Waals surface area contributed by atoms with E-state index in [4.69, 9.17) is 11.6 Å². The molecule has 1 aromatic rings. The van der Waals surface area contributed by atoms with Gasteiger partial charge in [0.2, 0.25) is 0 Å². The van der Waals surface area contributed by atoms with E-state index in [0.717, 1.165) is 11.4 Å². The molecule has 0 saturated carbocycles. The highest BCUT2D eigenvalue weighted by Crippen LogP contribution is 2.25. The normalized spacial score (nSPS) is 22.1. The number of hydrogen-bond acceptors (Lipinski definition) is 5. The van der Waals surface area contributed by atoms with Crippen LogP contribution >= 0.6 is 11.6 Å². The highest BCUT2D eigenvalue weighted by Gasteiger charge is 2.32. The lowest BCUT2D eigenvalue weighted by molar-refractivity contribution is 0.600. The van der Waals surface area contributed by atoms with Crippen LogP contribution in [0.5, 0.6) is 0 Å². The summed E-state index contributed by atoms with van der Waals surface area (Å²) >= 11 is 5.87. The first-order valence-corrected chi connectivity index (χ1v) is 8.10. The van der Waals surface area contributed by atoms with Gasteiger partial charge < -0.3 is 4.90 Å². The fraction of sp³-hybridized carbons (Fsp3) is 0.636. The van der Waals surface area contributed by atoms with E-state index >= 15 is 0 Å². The van der Waals surface area contributed by atoms with Gasteiger partial charge >= 0.3 is 0 Å². The number of aryl methyl sites for hydroxylation is 1. The van der Waals surface area contributed by atoms with Crippen molar-refractivity contribution in [2.45, 2.75) is 25.3 Å². The summed E-state index contributed by atoms with van der Waals surface area (Å²) < 4.78 is 23.0. The third kappa shape index (κ3) is 2.75. The molecule has 100 valence electrons. The van der Waals surface area contributed by atoms with Crippen LogP contribution in [-0.2, 0) is 15.7 Å². The van der Waals surface area contributed by atoms with Crippen molar-refractivity contribution < 1.29 is 8.42 Å². The molecule has 1 unspecified atom stereocenters. The maximum Gasteiger partial charge on any atom is 0.152 e.